The number of nitrogens with one attached hydrogen (secondary N) is 1. The quantitative estimate of drug-likeness (QED) is 0.830. The molecular formula is C13H21Cl2N3O3S. The van der Waals surface area contributed by atoms with Gasteiger partial charge in [0.15, 0.2) is 9.84 Å². The average molecular weight is 370 g/mol. The van der Waals surface area contributed by atoms with E-state index in [2.05, 4.69) is 5.32 Å². The van der Waals surface area contributed by atoms with E-state index in [1.54, 1.807) is 13.0 Å². The van der Waals surface area contributed by atoms with E-state index in [1.165, 1.54) is 0 Å². The lowest BCUT2D eigenvalue weighted by Crippen LogP contribution is -2.40. The van der Waals surface area contributed by atoms with Crippen LogP contribution in [0.2, 0.25) is 0 Å². The fourth-order valence-electron chi connectivity index (χ4n) is 2.01. The summed E-state index contributed by atoms with van der Waals surface area (Å²) in [5, 5.41) is 2.73. The largest absolute Gasteiger partial charge is 0.369 e. The van der Waals surface area contributed by atoms with Gasteiger partial charge < -0.3 is 16.0 Å². The van der Waals surface area contributed by atoms with Crippen LogP contribution in [0.4, 0.5) is 11.4 Å². The first-order chi connectivity index (χ1) is 9.37. The summed E-state index contributed by atoms with van der Waals surface area (Å²) in [5.41, 5.74) is 7.08. The van der Waals surface area contributed by atoms with Crippen LogP contribution in [0.3, 0.4) is 0 Å². The summed E-state index contributed by atoms with van der Waals surface area (Å²) in [5.74, 6) is 0.0932. The first-order valence-electron chi connectivity index (χ1n) is 6.49. The molecule has 0 spiro atoms. The number of carbonyl (C=O) groups is 1. The standard InChI is InChI=1S/C13H19N3O3S.2ClH/c1-10(14)13(17)15-11-3-2-4-12(9-11)16-5-7-20(18,19)8-6-16;;/h2-4,9-10H,5-8,14H2,1H3,(H,15,17);2*1H/t10-;;/m1../s1. The summed E-state index contributed by atoms with van der Waals surface area (Å²) in [6, 6.07) is 6.77. The van der Waals surface area contributed by atoms with E-state index in [1.807, 2.05) is 23.1 Å². The lowest BCUT2D eigenvalue weighted by atomic mass is 10.2. The molecule has 6 nitrogen and oxygen atoms in total. The molecule has 22 heavy (non-hydrogen) atoms. The molecule has 1 aliphatic rings. The Kier molecular flexibility index (Phi) is 8.17. The summed E-state index contributed by atoms with van der Waals surface area (Å²) in [7, 11) is -2.89. The molecule has 0 radical (unpaired) electrons. The van der Waals surface area contributed by atoms with Gasteiger partial charge in [0, 0.05) is 24.5 Å². The number of nitrogens with zero attached hydrogens (tertiary/aromatic N) is 1. The maximum atomic E-state index is 11.6. The number of amides is 1. The minimum Gasteiger partial charge on any atom is -0.369 e. The number of sulfone groups is 1. The molecule has 1 aliphatic heterocycles. The van der Waals surface area contributed by atoms with Crippen LogP contribution in [-0.4, -0.2) is 45.0 Å². The molecule has 0 aliphatic carbocycles. The molecule has 0 aromatic heterocycles. The van der Waals surface area contributed by atoms with Crippen molar-refractivity contribution in [2.24, 2.45) is 5.73 Å². The second-order valence-electron chi connectivity index (χ2n) is 4.97. The monoisotopic (exact) mass is 369 g/mol. The van der Waals surface area contributed by atoms with Crippen LogP contribution in [0, 0.1) is 0 Å². The molecule has 1 fully saturated rings. The Morgan fingerprint density at radius 1 is 1.27 bits per heavy atom. The number of anilines is 2. The predicted molar refractivity (Wildman–Crippen MR) is 94.1 cm³/mol. The average Bonchev–Trinajstić information content (AvgIpc) is 2.38. The molecule has 1 saturated heterocycles. The molecule has 126 valence electrons. The molecular weight excluding hydrogens is 349 g/mol. The first kappa shape index (κ1) is 21.0. The number of halogens is 2. The van der Waals surface area contributed by atoms with Crippen molar-refractivity contribution in [2.45, 2.75) is 13.0 Å². The Morgan fingerprint density at radius 3 is 2.41 bits per heavy atom. The van der Waals surface area contributed by atoms with Gasteiger partial charge in [-0.3, -0.25) is 4.79 Å². The smallest absolute Gasteiger partial charge is 0.240 e. The number of carbonyl (C=O) groups excluding carboxylic acids is 1. The highest BCUT2D eigenvalue weighted by atomic mass is 35.5. The zero-order chi connectivity index (χ0) is 14.8. The van der Waals surface area contributed by atoms with Crippen LogP contribution in [0.25, 0.3) is 0 Å². The van der Waals surface area contributed by atoms with Crippen LogP contribution in [-0.2, 0) is 14.6 Å². The summed E-state index contributed by atoms with van der Waals surface area (Å²) in [6.07, 6.45) is 0. The van der Waals surface area contributed by atoms with E-state index < -0.39 is 15.9 Å². The van der Waals surface area contributed by atoms with Crippen molar-refractivity contribution >= 4 is 51.9 Å². The summed E-state index contributed by atoms with van der Waals surface area (Å²) >= 11 is 0. The molecule has 1 aromatic rings. The number of benzene rings is 1. The molecule has 0 saturated carbocycles. The summed E-state index contributed by atoms with van der Waals surface area (Å²) in [6.45, 7) is 2.58. The molecule has 3 N–H and O–H groups in total. The lowest BCUT2D eigenvalue weighted by Gasteiger charge is -2.29. The molecule has 1 amide bonds. The predicted octanol–water partition coefficient (Wildman–Crippen LogP) is 1.05. The van der Waals surface area contributed by atoms with E-state index in [9.17, 15) is 13.2 Å². The van der Waals surface area contributed by atoms with E-state index >= 15 is 0 Å². The van der Waals surface area contributed by atoms with Crippen LogP contribution in [0.1, 0.15) is 6.92 Å². The van der Waals surface area contributed by atoms with Crippen molar-refractivity contribution in [1.82, 2.24) is 0 Å². The van der Waals surface area contributed by atoms with Crippen molar-refractivity contribution in [3.8, 4) is 0 Å². The highest BCUT2D eigenvalue weighted by Gasteiger charge is 2.21. The van der Waals surface area contributed by atoms with Crippen LogP contribution in [0.5, 0.6) is 0 Å². The Labute approximate surface area is 143 Å². The van der Waals surface area contributed by atoms with Crippen molar-refractivity contribution in [3.63, 3.8) is 0 Å². The van der Waals surface area contributed by atoms with Gasteiger partial charge in [-0.2, -0.15) is 0 Å². The number of hydrogen-bond donors (Lipinski definition) is 2. The van der Waals surface area contributed by atoms with Crippen molar-refractivity contribution < 1.29 is 13.2 Å². The van der Waals surface area contributed by atoms with Crippen molar-refractivity contribution in [3.05, 3.63) is 24.3 Å². The van der Waals surface area contributed by atoms with Gasteiger partial charge in [0.2, 0.25) is 5.91 Å². The Bertz CT molecular complexity index is 594. The van der Waals surface area contributed by atoms with Gasteiger partial charge in [0.05, 0.1) is 17.5 Å². The van der Waals surface area contributed by atoms with Gasteiger partial charge >= 0.3 is 0 Å². The molecule has 0 bridgehead atoms. The van der Waals surface area contributed by atoms with Gasteiger partial charge in [-0.05, 0) is 25.1 Å². The number of rotatable bonds is 3. The molecule has 1 heterocycles. The van der Waals surface area contributed by atoms with E-state index in [4.69, 9.17) is 5.73 Å². The summed E-state index contributed by atoms with van der Waals surface area (Å²) in [4.78, 5) is 13.6. The fraction of sp³-hybridized carbons (Fsp3) is 0.462. The fourth-order valence-corrected chi connectivity index (χ4v) is 3.21. The van der Waals surface area contributed by atoms with Crippen LogP contribution < -0.4 is 16.0 Å². The Morgan fingerprint density at radius 2 is 1.86 bits per heavy atom. The number of hydrogen-bond acceptors (Lipinski definition) is 5. The normalized spacial score (nSPS) is 17.6. The van der Waals surface area contributed by atoms with Gasteiger partial charge in [0.1, 0.15) is 0 Å². The number of nitrogens with two attached hydrogens (primary N) is 1. The highest BCUT2D eigenvalue weighted by Crippen LogP contribution is 2.21. The Hall–Kier alpha value is -1.02. The van der Waals surface area contributed by atoms with Crippen molar-refractivity contribution in [1.29, 1.82) is 0 Å². The van der Waals surface area contributed by atoms with Crippen LogP contribution >= 0.6 is 24.8 Å². The van der Waals surface area contributed by atoms with Gasteiger partial charge in [-0.1, -0.05) is 6.07 Å². The second kappa shape index (κ2) is 8.57. The maximum Gasteiger partial charge on any atom is 0.240 e. The summed E-state index contributed by atoms with van der Waals surface area (Å²) < 4.78 is 22.8. The Balaban J connectivity index is 0.00000220. The zero-order valence-corrected chi connectivity index (χ0v) is 14.6. The molecule has 2 rings (SSSR count). The second-order valence-corrected chi connectivity index (χ2v) is 7.27. The van der Waals surface area contributed by atoms with E-state index in [0.29, 0.717) is 18.8 Å². The molecule has 1 aromatic carbocycles. The third kappa shape index (κ3) is 5.64. The van der Waals surface area contributed by atoms with E-state index in [0.717, 1.165) is 5.69 Å². The maximum absolute atomic E-state index is 11.6. The molecule has 9 heteroatoms. The molecule has 1 atom stereocenters. The van der Waals surface area contributed by atoms with Crippen LogP contribution in [0.15, 0.2) is 24.3 Å². The minimum absolute atomic E-state index is 0. The van der Waals surface area contributed by atoms with E-state index in [-0.39, 0.29) is 42.2 Å². The van der Waals surface area contributed by atoms with Crippen molar-refractivity contribution in [2.75, 3.05) is 34.8 Å². The van der Waals surface area contributed by atoms with Gasteiger partial charge in [0.25, 0.3) is 0 Å². The SMILES string of the molecule is C[C@@H](N)C(=O)Nc1cccc(N2CCS(=O)(=O)CC2)c1.Cl.Cl. The van der Waals surface area contributed by atoms with Gasteiger partial charge in [-0.15, -0.1) is 24.8 Å². The minimum atomic E-state index is -2.89. The lowest BCUT2D eigenvalue weighted by molar-refractivity contribution is -0.117. The van der Waals surface area contributed by atoms with Gasteiger partial charge in [-0.25, -0.2) is 8.42 Å². The highest BCUT2D eigenvalue weighted by molar-refractivity contribution is 7.91. The zero-order valence-electron chi connectivity index (χ0n) is 12.2. The third-order valence-electron chi connectivity index (χ3n) is 3.24. The topological polar surface area (TPSA) is 92.5 Å². The first-order valence-corrected chi connectivity index (χ1v) is 8.31. The molecule has 0 unspecified atom stereocenters. The third-order valence-corrected chi connectivity index (χ3v) is 4.85.